The van der Waals surface area contributed by atoms with Gasteiger partial charge in [0.15, 0.2) is 14.9 Å². The number of nitrogens with two attached hydrogens (primary N) is 1. The van der Waals surface area contributed by atoms with E-state index in [1.165, 1.54) is 12.8 Å². The van der Waals surface area contributed by atoms with Gasteiger partial charge in [0.2, 0.25) is 0 Å². The van der Waals surface area contributed by atoms with Gasteiger partial charge in [-0.25, -0.2) is 14.1 Å². The third-order valence-corrected chi connectivity index (χ3v) is 7.65. The average Bonchev–Trinajstić information content (AvgIpc) is 3.05. The number of nitrogens with one attached hydrogen (secondary N) is 1. The number of carbonyl (C=O) groups is 1. The van der Waals surface area contributed by atoms with Gasteiger partial charge in [0.1, 0.15) is 0 Å². The molecule has 5 rings (SSSR count). The van der Waals surface area contributed by atoms with Crippen molar-refractivity contribution in [3.8, 4) is 0 Å². The lowest BCUT2D eigenvalue weighted by Crippen LogP contribution is -2.20. The molecule has 2 aromatic rings. The number of hydrogen-bond donors (Lipinski definition) is 2. The van der Waals surface area contributed by atoms with Crippen molar-refractivity contribution in [2.24, 2.45) is 9.50 Å². The van der Waals surface area contributed by atoms with E-state index in [4.69, 9.17) is 10.1 Å². The van der Waals surface area contributed by atoms with Gasteiger partial charge in [-0.05, 0) is 76.0 Å². The lowest BCUT2D eigenvalue weighted by atomic mass is 10.0. The van der Waals surface area contributed by atoms with Crippen molar-refractivity contribution < 1.29 is 9.00 Å². The third-order valence-electron chi connectivity index (χ3n) is 6.40. The first kappa shape index (κ1) is 18.7. The van der Waals surface area contributed by atoms with Gasteiger partial charge in [-0.1, -0.05) is 0 Å². The Balaban J connectivity index is 1.48. The normalized spacial score (nSPS) is 20.4. The zero-order chi connectivity index (χ0) is 20.4. The van der Waals surface area contributed by atoms with Crippen LogP contribution in [0.2, 0.25) is 0 Å². The minimum absolute atomic E-state index is 0.101. The number of amides is 2. The quantitative estimate of drug-likeness (QED) is 0.802. The molecule has 3 aliphatic carbocycles. The van der Waals surface area contributed by atoms with Crippen LogP contribution in [0.1, 0.15) is 68.1 Å². The lowest BCUT2D eigenvalue weighted by molar-refractivity contribution is 0.260. The summed E-state index contributed by atoms with van der Waals surface area (Å²) in [5.74, 6) is 0. The highest BCUT2D eigenvalue weighted by Gasteiger charge is 2.51. The molecule has 29 heavy (non-hydrogen) atoms. The van der Waals surface area contributed by atoms with Crippen LogP contribution in [-0.2, 0) is 34.6 Å². The molecule has 1 saturated carbocycles. The van der Waals surface area contributed by atoms with E-state index >= 15 is 0 Å². The summed E-state index contributed by atoms with van der Waals surface area (Å²) in [7, 11) is -3.42. The van der Waals surface area contributed by atoms with Gasteiger partial charge in [0, 0.05) is 23.3 Å². The molecule has 2 amide bonds. The molecule has 0 bridgehead atoms. The number of pyridine rings is 1. The van der Waals surface area contributed by atoms with Gasteiger partial charge in [-0.15, -0.1) is 4.36 Å². The average molecular weight is 415 g/mol. The maximum absolute atomic E-state index is 12.9. The van der Waals surface area contributed by atoms with Gasteiger partial charge >= 0.3 is 6.03 Å². The molecule has 1 fully saturated rings. The SMILES string of the molecule is CC(C)n1ccc([S@@](N)(=O)=NC(=O)Nc2c3c(nc4c2CCC42CC2)CCC3)n1. The molecule has 0 radical (unpaired) electrons. The van der Waals surface area contributed by atoms with E-state index < -0.39 is 15.9 Å². The summed E-state index contributed by atoms with van der Waals surface area (Å²) in [4.78, 5) is 17.7. The summed E-state index contributed by atoms with van der Waals surface area (Å²) in [6.07, 6.45) is 8.95. The van der Waals surface area contributed by atoms with Gasteiger partial charge in [-0.2, -0.15) is 5.10 Å². The molecule has 2 aromatic heterocycles. The highest BCUT2D eigenvalue weighted by atomic mass is 32.2. The Labute approximate surface area is 170 Å². The maximum atomic E-state index is 12.9. The summed E-state index contributed by atoms with van der Waals surface area (Å²) < 4.78 is 18.3. The second kappa shape index (κ2) is 6.37. The van der Waals surface area contributed by atoms with Crippen LogP contribution < -0.4 is 10.5 Å². The molecule has 0 aromatic carbocycles. The molecule has 3 N–H and O–H groups in total. The van der Waals surface area contributed by atoms with Crippen LogP contribution >= 0.6 is 0 Å². The summed E-state index contributed by atoms with van der Waals surface area (Å²) in [6, 6.07) is 0.970. The number of aryl methyl sites for hydroxylation is 1. The van der Waals surface area contributed by atoms with Crippen LogP contribution in [0, 0.1) is 0 Å². The van der Waals surface area contributed by atoms with Crippen LogP contribution in [0.4, 0.5) is 10.5 Å². The standard InChI is InChI=1S/C20H26N6O2S/c1-12(2)26-11-7-16(24-26)29(21,28)25-19(27)23-17-13-4-3-5-15(13)22-18-14(17)6-8-20(18)9-10-20/h7,11-12H,3-6,8-10H2,1-2H3,(H3,21,22,23,25,27,28)/t29-/m0/s1. The first-order valence-electron chi connectivity index (χ1n) is 10.3. The predicted molar refractivity (Wildman–Crippen MR) is 110 cm³/mol. The van der Waals surface area contributed by atoms with Crippen molar-refractivity contribution in [1.29, 1.82) is 0 Å². The van der Waals surface area contributed by atoms with Crippen molar-refractivity contribution in [2.45, 2.75) is 75.3 Å². The number of urea groups is 1. The Bertz CT molecular complexity index is 1140. The molecule has 0 unspecified atom stereocenters. The maximum Gasteiger partial charge on any atom is 0.354 e. The van der Waals surface area contributed by atoms with E-state index in [9.17, 15) is 9.00 Å². The van der Waals surface area contributed by atoms with Crippen LogP contribution in [0.15, 0.2) is 21.7 Å². The fourth-order valence-electron chi connectivity index (χ4n) is 4.64. The van der Waals surface area contributed by atoms with E-state index in [1.54, 1.807) is 16.9 Å². The number of rotatable bonds is 3. The second-order valence-corrected chi connectivity index (χ2v) is 10.4. The predicted octanol–water partition coefficient (Wildman–Crippen LogP) is 3.26. The zero-order valence-corrected chi connectivity index (χ0v) is 17.6. The Morgan fingerprint density at radius 1 is 1.28 bits per heavy atom. The van der Waals surface area contributed by atoms with Crippen LogP contribution in [0.3, 0.4) is 0 Å². The third kappa shape index (κ3) is 3.07. The highest BCUT2D eigenvalue weighted by Crippen LogP contribution is 2.58. The molecular formula is C20H26N6O2S. The molecular weight excluding hydrogens is 388 g/mol. The minimum atomic E-state index is -3.42. The zero-order valence-electron chi connectivity index (χ0n) is 16.8. The smallest absolute Gasteiger partial charge is 0.305 e. The first-order valence-corrected chi connectivity index (χ1v) is 11.8. The van der Waals surface area contributed by atoms with Crippen LogP contribution in [0.25, 0.3) is 0 Å². The van der Waals surface area contributed by atoms with Crippen molar-refractivity contribution in [3.63, 3.8) is 0 Å². The van der Waals surface area contributed by atoms with Gasteiger partial charge in [0.05, 0.1) is 11.4 Å². The fraction of sp³-hybridized carbons (Fsp3) is 0.550. The van der Waals surface area contributed by atoms with Gasteiger partial charge in [-0.3, -0.25) is 9.67 Å². The highest BCUT2D eigenvalue weighted by molar-refractivity contribution is 7.91. The lowest BCUT2D eigenvalue weighted by Gasteiger charge is -2.16. The number of fused-ring (bicyclic) bond motifs is 3. The molecule has 3 aliphatic rings. The van der Waals surface area contributed by atoms with Crippen molar-refractivity contribution in [3.05, 3.63) is 34.8 Å². The minimum Gasteiger partial charge on any atom is -0.305 e. The first-order chi connectivity index (χ1) is 13.8. The summed E-state index contributed by atoms with van der Waals surface area (Å²) >= 11 is 0. The van der Waals surface area contributed by atoms with E-state index in [2.05, 4.69) is 14.8 Å². The van der Waals surface area contributed by atoms with Gasteiger partial charge in [0.25, 0.3) is 0 Å². The van der Waals surface area contributed by atoms with Crippen LogP contribution in [-0.4, -0.2) is 25.0 Å². The Kier molecular flexibility index (Phi) is 4.12. The Hall–Kier alpha value is -2.26. The molecule has 0 saturated heterocycles. The van der Waals surface area contributed by atoms with E-state index in [0.29, 0.717) is 0 Å². The molecule has 9 heteroatoms. The van der Waals surface area contributed by atoms with Crippen molar-refractivity contribution in [1.82, 2.24) is 14.8 Å². The number of anilines is 1. The molecule has 1 atom stereocenters. The van der Waals surface area contributed by atoms with E-state index in [-0.39, 0.29) is 16.5 Å². The van der Waals surface area contributed by atoms with E-state index in [0.717, 1.165) is 60.3 Å². The molecule has 154 valence electrons. The molecule has 1 spiro atoms. The molecule has 2 heterocycles. The van der Waals surface area contributed by atoms with Crippen molar-refractivity contribution in [2.75, 3.05) is 5.32 Å². The Morgan fingerprint density at radius 2 is 2.07 bits per heavy atom. The molecule has 8 nitrogen and oxygen atoms in total. The summed E-state index contributed by atoms with van der Waals surface area (Å²) in [5, 5.41) is 13.2. The van der Waals surface area contributed by atoms with E-state index in [1.807, 2.05) is 13.8 Å². The second-order valence-electron chi connectivity index (χ2n) is 8.69. The summed E-state index contributed by atoms with van der Waals surface area (Å²) in [5.41, 5.74) is 5.57. The number of hydrogen-bond acceptors (Lipinski definition) is 4. The monoisotopic (exact) mass is 414 g/mol. The summed E-state index contributed by atoms with van der Waals surface area (Å²) in [6.45, 7) is 3.91. The van der Waals surface area contributed by atoms with Crippen molar-refractivity contribution >= 4 is 21.6 Å². The number of aromatic nitrogens is 3. The fourth-order valence-corrected chi connectivity index (χ4v) is 5.49. The molecule has 0 aliphatic heterocycles. The van der Waals surface area contributed by atoms with Crippen LogP contribution in [0.5, 0.6) is 0 Å². The van der Waals surface area contributed by atoms with Gasteiger partial charge < -0.3 is 5.32 Å². The Morgan fingerprint density at radius 3 is 2.76 bits per heavy atom. The number of carbonyl (C=O) groups excluding carboxylic acids is 1. The number of nitrogens with zero attached hydrogens (tertiary/aromatic N) is 4. The topological polar surface area (TPSA) is 115 Å². The largest absolute Gasteiger partial charge is 0.354 e.